The number of ether oxygens (including phenoxy) is 1. The van der Waals surface area contributed by atoms with Gasteiger partial charge in [-0.25, -0.2) is 13.4 Å². The third kappa shape index (κ3) is 3.98. The Balaban J connectivity index is 2.45. The molecule has 1 heterocycles. The smallest absolute Gasteiger partial charge is 0.155 e. The van der Waals surface area contributed by atoms with Crippen molar-refractivity contribution >= 4 is 21.4 Å². The van der Waals surface area contributed by atoms with Gasteiger partial charge in [0.05, 0.1) is 17.2 Å². The lowest BCUT2D eigenvalue weighted by atomic mass is 10.5. The first-order valence-corrected chi connectivity index (χ1v) is 6.97. The molecule has 0 radical (unpaired) electrons. The van der Waals surface area contributed by atoms with Crippen LogP contribution in [0.4, 0.5) is 0 Å². The van der Waals surface area contributed by atoms with Gasteiger partial charge in [-0.1, -0.05) is 11.6 Å². The molecule has 0 saturated heterocycles. The number of hydrogen-bond acceptors (Lipinski definition) is 4. The van der Waals surface area contributed by atoms with Crippen LogP contribution < -0.4 is 4.74 Å². The Morgan fingerprint density at radius 3 is 2.62 bits per heavy atom. The molecule has 0 atom stereocenters. The van der Waals surface area contributed by atoms with Crippen molar-refractivity contribution in [3.8, 4) is 5.75 Å². The topological polar surface area (TPSA) is 56.3 Å². The molecule has 0 spiro atoms. The first kappa shape index (κ1) is 13.3. The Hall–Kier alpha value is -0.810. The maximum Gasteiger partial charge on any atom is 0.155 e. The minimum absolute atomic E-state index is 0.00724. The minimum Gasteiger partial charge on any atom is -0.491 e. The molecule has 16 heavy (non-hydrogen) atoms. The highest BCUT2D eigenvalue weighted by molar-refractivity contribution is 7.91. The summed E-state index contributed by atoms with van der Waals surface area (Å²) < 4.78 is 28.2. The average Bonchev–Trinajstić information content (AvgIpc) is 2.20. The Kier molecular flexibility index (Phi) is 4.56. The van der Waals surface area contributed by atoms with Crippen molar-refractivity contribution < 1.29 is 13.2 Å². The van der Waals surface area contributed by atoms with Crippen molar-refractivity contribution in [1.29, 1.82) is 0 Å². The molecular weight excluding hydrogens is 250 g/mol. The Bertz CT molecular complexity index is 428. The van der Waals surface area contributed by atoms with Crippen molar-refractivity contribution in [3.63, 3.8) is 0 Å². The molecule has 6 heteroatoms. The quantitative estimate of drug-likeness (QED) is 0.762. The van der Waals surface area contributed by atoms with Crippen molar-refractivity contribution in [3.05, 3.63) is 23.5 Å². The highest BCUT2D eigenvalue weighted by atomic mass is 35.5. The third-order valence-electron chi connectivity index (χ3n) is 2.06. The van der Waals surface area contributed by atoms with Gasteiger partial charge in [0.25, 0.3) is 0 Å². The summed E-state index contributed by atoms with van der Waals surface area (Å²) in [6.07, 6.45) is 1.46. The van der Waals surface area contributed by atoms with Crippen LogP contribution in [0.25, 0.3) is 0 Å². The maximum atomic E-state index is 11.5. The largest absolute Gasteiger partial charge is 0.491 e. The van der Waals surface area contributed by atoms with Crippen LogP contribution in [-0.4, -0.2) is 31.0 Å². The molecule has 1 rings (SSSR count). The van der Waals surface area contributed by atoms with Crippen LogP contribution in [0.2, 0.25) is 5.15 Å². The van der Waals surface area contributed by atoms with E-state index in [2.05, 4.69) is 4.98 Å². The molecule has 0 saturated carbocycles. The van der Waals surface area contributed by atoms with Gasteiger partial charge >= 0.3 is 0 Å². The molecule has 90 valence electrons. The summed E-state index contributed by atoms with van der Waals surface area (Å²) in [5.74, 6) is 0.524. The maximum absolute atomic E-state index is 11.5. The van der Waals surface area contributed by atoms with Crippen LogP contribution in [0.15, 0.2) is 18.3 Å². The molecular formula is C10H14ClNO3S. The standard InChI is InChI=1S/C10H14ClNO3S/c1-8(2)16(13,14)6-5-15-9-3-4-10(11)12-7-9/h3-4,7-8H,5-6H2,1-2H3. The summed E-state index contributed by atoms with van der Waals surface area (Å²) >= 11 is 5.60. The van der Waals surface area contributed by atoms with Crippen molar-refractivity contribution in [2.24, 2.45) is 0 Å². The number of halogens is 1. The van der Waals surface area contributed by atoms with E-state index in [-0.39, 0.29) is 17.6 Å². The zero-order valence-corrected chi connectivity index (χ0v) is 10.8. The second-order valence-electron chi connectivity index (χ2n) is 3.58. The number of sulfone groups is 1. The highest BCUT2D eigenvalue weighted by Crippen LogP contribution is 2.12. The van der Waals surface area contributed by atoms with Gasteiger partial charge in [0.15, 0.2) is 9.84 Å². The summed E-state index contributed by atoms with van der Waals surface area (Å²) in [5, 5.41) is 0.00148. The van der Waals surface area contributed by atoms with Gasteiger partial charge in [0, 0.05) is 0 Å². The first-order valence-electron chi connectivity index (χ1n) is 4.88. The van der Waals surface area contributed by atoms with Gasteiger partial charge in [-0.05, 0) is 26.0 Å². The van der Waals surface area contributed by atoms with Gasteiger partial charge in [0.2, 0.25) is 0 Å². The molecule has 1 aromatic heterocycles. The van der Waals surface area contributed by atoms with E-state index in [9.17, 15) is 8.42 Å². The monoisotopic (exact) mass is 263 g/mol. The lowest BCUT2D eigenvalue weighted by Gasteiger charge is -2.08. The van der Waals surface area contributed by atoms with E-state index in [1.807, 2.05) is 0 Å². The van der Waals surface area contributed by atoms with E-state index < -0.39 is 9.84 Å². The lowest BCUT2D eigenvalue weighted by Crippen LogP contribution is -2.22. The summed E-state index contributed by atoms with van der Waals surface area (Å²) in [6.45, 7) is 3.43. The van der Waals surface area contributed by atoms with Crippen LogP contribution in [0.5, 0.6) is 5.75 Å². The van der Waals surface area contributed by atoms with E-state index >= 15 is 0 Å². The predicted molar refractivity (Wildman–Crippen MR) is 63.7 cm³/mol. The number of rotatable bonds is 5. The van der Waals surface area contributed by atoms with Crippen LogP contribution >= 0.6 is 11.6 Å². The molecule has 0 aromatic carbocycles. The van der Waals surface area contributed by atoms with Crippen LogP contribution in [0.1, 0.15) is 13.8 Å². The highest BCUT2D eigenvalue weighted by Gasteiger charge is 2.15. The zero-order chi connectivity index (χ0) is 12.2. The fraction of sp³-hybridized carbons (Fsp3) is 0.500. The summed E-state index contributed by atoms with van der Waals surface area (Å²) in [6, 6.07) is 3.24. The average molecular weight is 264 g/mol. The molecule has 0 N–H and O–H groups in total. The van der Waals surface area contributed by atoms with Gasteiger partial charge in [0.1, 0.15) is 17.5 Å². The third-order valence-corrected chi connectivity index (χ3v) is 4.45. The van der Waals surface area contributed by atoms with Crippen molar-refractivity contribution in [2.75, 3.05) is 12.4 Å². The van der Waals surface area contributed by atoms with Gasteiger partial charge in [-0.2, -0.15) is 0 Å². The Labute approximate surface area is 101 Å². The number of hydrogen-bond donors (Lipinski definition) is 0. The van der Waals surface area contributed by atoms with Gasteiger partial charge < -0.3 is 4.74 Å². The SMILES string of the molecule is CC(C)S(=O)(=O)CCOc1ccc(Cl)nc1. The van der Waals surface area contributed by atoms with E-state index in [1.54, 1.807) is 26.0 Å². The lowest BCUT2D eigenvalue weighted by molar-refractivity contribution is 0.339. The van der Waals surface area contributed by atoms with E-state index in [4.69, 9.17) is 16.3 Å². The van der Waals surface area contributed by atoms with E-state index in [0.717, 1.165) is 0 Å². The molecule has 0 aliphatic heterocycles. The predicted octanol–water partition coefficient (Wildman–Crippen LogP) is 1.94. The van der Waals surface area contributed by atoms with Crippen molar-refractivity contribution in [2.45, 2.75) is 19.1 Å². The number of nitrogens with zero attached hydrogens (tertiary/aromatic N) is 1. The first-order chi connectivity index (χ1) is 7.42. The summed E-state index contributed by atoms with van der Waals surface area (Å²) in [7, 11) is -3.05. The fourth-order valence-electron chi connectivity index (χ4n) is 0.959. The van der Waals surface area contributed by atoms with Crippen LogP contribution in [-0.2, 0) is 9.84 Å². The zero-order valence-electron chi connectivity index (χ0n) is 9.18. The summed E-state index contributed by atoms with van der Waals surface area (Å²) in [5.41, 5.74) is 0. The molecule has 1 aromatic rings. The van der Waals surface area contributed by atoms with Crippen LogP contribution in [0, 0.1) is 0 Å². The molecule has 0 unspecified atom stereocenters. The second kappa shape index (κ2) is 5.50. The van der Waals surface area contributed by atoms with Gasteiger partial charge in [-0.15, -0.1) is 0 Å². The fourth-order valence-corrected chi connectivity index (χ4v) is 1.86. The molecule has 4 nitrogen and oxygen atoms in total. The van der Waals surface area contributed by atoms with E-state index in [1.165, 1.54) is 6.20 Å². The van der Waals surface area contributed by atoms with E-state index in [0.29, 0.717) is 10.9 Å². The van der Waals surface area contributed by atoms with Crippen LogP contribution in [0.3, 0.4) is 0 Å². The summed E-state index contributed by atoms with van der Waals surface area (Å²) in [4.78, 5) is 3.82. The second-order valence-corrected chi connectivity index (χ2v) is 6.64. The molecule has 0 bridgehead atoms. The number of aromatic nitrogens is 1. The molecule has 0 amide bonds. The molecule has 0 aliphatic rings. The number of pyridine rings is 1. The minimum atomic E-state index is -3.05. The normalized spacial score (nSPS) is 11.8. The Morgan fingerprint density at radius 2 is 2.12 bits per heavy atom. The van der Waals surface area contributed by atoms with Crippen molar-refractivity contribution in [1.82, 2.24) is 4.98 Å². The molecule has 0 aliphatic carbocycles. The molecule has 0 fully saturated rings. The van der Waals surface area contributed by atoms with Gasteiger partial charge in [-0.3, -0.25) is 0 Å². The Morgan fingerprint density at radius 1 is 1.44 bits per heavy atom.